The molecule has 1 fully saturated rings. The molecule has 18 heavy (non-hydrogen) atoms. The summed E-state index contributed by atoms with van der Waals surface area (Å²) in [6.45, 7) is 4.65. The zero-order valence-electron chi connectivity index (χ0n) is 10.2. The number of carbonyl (C=O) groups excluding carboxylic acids is 1. The molecule has 4 nitrogen and oxygen atoms in total. The third-order valence-corrected chi connectivity index (χ3v) is 2.90. The molecule has 0 aromatic heterocycles. The fourth-order valence-electron chi connectivity index (χ4n) is 1.88. The molecule has 1 amide bonds. The van der Waals surface area contributed by atoms with Gasteiger partial charge in [-0.3, -0.25) is 9.69 Å². The molecule has 0 radical (unpaired) electrons. The number of nitrogens with zero attached hydrogens (tertiary/aromatic N) is 1. The van der Waals surface area contributed by atoms with Crippen LogP contribution in [0.15, 0.2) is 24.3 Å². The fourth-order valence-corrected chi connectivity index (χ4v) is 1.88. The van der Waals surface area contributed by atoms with Crippen LogP contribution in [-0.2, 0) is 4.74 Å². The maximum Gasteiger partial charge on any atom is 0.251 e. The molecule has 0 unspecified atom stereocenters. The number of hydrogen-bond acceptors (Lipinski definition) is 3. The Morgan fingerprint density at radius 3 is 2.89 bits per heavy atom. The molecule has 1 aliphatic rings. The molecule has 2 rings (SSSR count). The second kappa shape index (κ2) is 6.47. The first-order valence-electron chi connectivity index (χ1n) is 6.09. The third kappa shape index (κ3) is 3.78. The molecule has 1 aromatic rings. The number of carbonyl (C=O) groups is 1. The molecule has 0 atom stereocenters. The minimum absolute atomic E-state index is 0.234. The van der Waals surface area contributed by atoms with Crippen LogP contribution < -0.4 is 5.32 Å². The molecule has 0 saturated carbocycles. The van der Waals surface area contributed by atoms with E-state index in [1.165, 1.54) is 18.2 Å². The van der Waals surface area contributed by atoms with Gasteiger partial charge in [-0.15, -0.1) is 0 Å². The third-order valence-electron chi connectivity index (χ3n) is 2.90. The highest BCUT2D eigenvalue weighted by Gasteiger charge is 2.10. The maximum absolute atomic E-state index is 12.9. The van der Waals surface area contributed by atoms with Crippen molar-refractivity contribution in [1.82, 2.24) is 10.2 Å². The van der Waals surface area contributed by atoms with Crippen molar-refractivity contribution < 1.29 is 13.9 Å². The second-order valence-electron chi connectivity index (χ2n) is 4.22. The van der Waals surface area contributed by atoms with Gasteiger partial charge in [-0.25, -0.2) is 4.39 Å². The monoisotopic (exact) mass is 252 g/mol. The highest BCUT2D eigenvalue weighted by molar-refractivity contribution is 5.94. The molecule has 0 aliphatic carbocycles. The highest BCUT2D eigenvalue weighted by atomic mass is 19.1. The van der Waals surface area contributed by atoms with Gasteiger partial charge in [0.2, 0.25) is 0 Å². The number of rotatable bonds is 4. The molecule has 1 saturated heterocycles. The molecular formula is C13H17FN2O2. The average molecular weight is 252 g/mol. The van der Waals surface area contributed by atoms with Crippen LogP contribution in [0.1, 0.15) is 10.4 Å². The predicted molar refractivity (Wildman–Crippen MR) is 66.0 cm³/mol. The van der Waals surface area contributed by atoms with Gasteiger partial charge in [0.25, 0.3) is 5.91 Å². The summed E-state index contributed by atoms with van der Waals surface area (Å²) >= 11 is 0. The van der Waals surface area contributed by atoms with Crippen LogP contribution in [0.3, 0.4) is 0 Å². The highest BCUT2D eigenvalue weighted by Crippen LogP contribution is 2.03. The Kier molecular flexibility index (Phi) is 4.66. The van der Waals surface area contributed by atoms with E-state index in [0.29, 0.717) is 12.1 Å². The molecular weight excluding hydrogens is 235 g/mol. The van der Waals surface area contributed by atoms with Crippen molar-refractivity contribution in [1.29, 1.82) is 0 Å². The van der Waals surface area contributed by atoms with Crippen molar-refractivity contribution in [3.63, 3.8) is 0 Å². The van der Waals surface area contributed by atoms with E-state index in [2.05, 4.69) is 10.2 Å². The van der Waals surface area contributed by atoms with Gasteiger partial charge in [0.15, 0.2) is 0 Å². The molecule has 0 bridgehead atoms. The molecule has 98 valence electrons. The van der Waals surface area contributed by atoms with Crippen LogP contribution in [0.2, 0.25) is 0 Å². The summed E-state index contributed by atoms with van der Waals surface area (Å²) in [7, 11) is 0. The van der Waals surface area contributed by atoms with E-state index in [9.17, 15) is 9.18 Å². The SMILES string of the molecule is O=C(NCCN1CCOCC1)c1cccc(F)c1. The number of morpholine rings is 1. The van der Waals surface area contributed by atoms with Crippen molar-refractivity contribution >= 4 is 5.91 Å². The summed E-state index contributed by atoms with van der Waals surface area (Å²) < 4.78 is 18.2. The van der Waals surface area contributed by atoms with Gasteiger partial charge < -0.3 is 10.1 Å². The number of nitrogens with one attached hydrogen (secondary N) is 1. The lowest BCUT2D eigenvalue weighted by Gasteiger charge is -2.26. The Morgan fingerprint density at radius 1 is 1.39 bits per heavy atom. The van der Waals surface area contributed by atoms with Crippen molar-refractivity contribution in [3.8, 4) is 0 Å². The minimum atomic E-state index is -0.393. The van der Waals surface area contributed by atoms with Crippen molar-refractivity contribution in [3.05, 3.63) is 35.6 Å². The van der Waals surface area contributed by atoms with E-state index < -0.39 is 5.82 Å². The molecule has 1 aliphatic heterocycles. The average Bonchev–Trinajstić information content (AvgIpc) is 2.40. The van der Waals surface area contributed by atoms with Gasteiger partial charge in [-0.1, -0.05) is 6.07 Å². The first-order valence-corrected chi connectivity index (χ1v) is 6.09. The van der Waals surface area contributed by atoms with Gasteiger partial charge in [0, 0.05) is 31.7 Å². The Labute approximate surface area is 106 Å². The molecule has 1 N–H and O–H groups in total. The van der Waals surface area contributed by atoms with E-state index in [4.69, 9.17) is 4.74 Å². The number of ether oxygens (including phenoxy) is 1. The number of halogens is 1. The largest absolute Gasteiger partial charge is 0.379 e. The maximum atomic E-state index is 12.9. The zero-order valence-corrected chi connectivity index (χ0v) is 10.2. The lowest BCUT2D eigenvalue weighted by Crippen LogP contribution is -2.41. The van der Waals surface area contributed by atoms with Crippen LogP contribution >= 0.6 is 0 Å². The Balaban J connectivity index is 1.74. The summed E-state index contributed by atoms with van der Waals surface area (Å²) in [4.78, 5) is 13.9. The summed E-state index contributed by atoms with van der Waals surface area (Å²) in [6, 6.07) is 5.70. The standard InChI is InChI=1S/C13H17FN2O2/c14-12-3-1-2-11(10-12)13(17)15-4-5-16-6-8-18-9-7-16/h1-3,10H,4-9H2,(H,15,17). The second-order valence-corrected chi connectivity index (χ2v) is 4.22. The normalized spacial score (nSPS) is 16.5. The predicted octanol–water partition coefficient (Wildman–Crippen LogP) is 0.888. The van der Waals surface area contributed by atoms with E-state index in [1.54, 1.807) is 6.07 Å². The number of benzene rings is 1. The van der Waals surface area contributed by atoms with Crippen LogP contribution in [-0.4, -0.2) is 50.2 Å². The molecule has 1 heterocycles. The first kappa shape index (κ1) is 13.0. The van der Waals surface area contributed by atoms with Crippen molar-refractivity contribution in [2.24, 2.45) is 0 Å². The summed E-state index contributed by atoms with van der Waals surface area (Å²) in [6.07, 6.45) is 0. The van der Waals surface area contributed by atoms with Crippen LogP contribution in [0.25, 0.3) is 0 Å². The van der Waals surface area contributed by atoms with Gasteiger partial charge in [-0.05, 0) is 18.2 Å². The summed E-state index contributed by atoms with van der Waals surface area (Å²) in [5.74, 6) is -0.626. The van der Waals surface area contributed by atoms with Crippen LogP contribution in [0.5, 0.6) is 0 Å². The van der Waals surface area contributed by atoms with Crippen LogP contribution in [0, 0.1) is 5.82 Å². The topological polar surface area (TPSA) is 41.6 Å². The Bertz CT molecular complexity index is 406. The first-order chi connectivity index (χ1) is 8.75. The number of amides is 1. The van der Waals surface area contributed by atoms with Gasteiger partial charge >= 0.3 is 0 Å². The zero-order chi connectivity index (χ0) is 12.8. The van der Waals surface area contributed by atoms with Gasteiger partial charge in [0.05, 0.1) is 13.2 Å². The van der Waals surface area contributed by atoms with Crippen LogP contribution in [0.4, 0.5) is 4.39 Å². The lowest BCUT2D eigenvalue weighted by atomic mass is 10.2. The summed E-state index contributed by atoms with van der Waals surface area (Å²) in [5.41, 5.74) is 0.358. The lowest BCUT2D eigenvalue weighted by molar-refractivity contribution is 0.0383. The van der Waals surface area contributed by atoms with Crippen molar-refractivity contribution in [2.75, 3.05) is 39.4 Å². The van der Waals surface area contributed by atoms with E-state index in [0.717, 1.165) is 32.8 Å². The smallest absolute Gasteiger partial charge is 0.251 e. The Morgan fingerprint density at radius 2 is 2.17 bits per heavy atom. The van der Waals surface area contributed by atoms with E-state index in [-0.39, 0.29) is 5.91 Å². The van der Waals surface area contributed by atoms with Gasteiger partial charge in [-0.2, -0.15) is 0 Å². The Hall–Kier alpha value is -1.46. The van der Waals surface area contributed by atoms with E-state index in [1.807, 2.05) is 0 Å². The minimum Gasteiger partial charge on any atom is -0.379 e. The fraction of sp³-hybridized carbons (Fsp3) is 0.462. The molecule has 0 spiro atoms. The molecule has 1 aromatic carbocycles. The quantitative estimate of drug-likeness (QED) is 0.865. The van der Waals surface area contributed by atoms with Gasteiger partial charge in [0.1, 0.15) is 5.82 Å². The number of hydrogen-bond donors (Lipinski definition) is 1. The summed E-state index contributed by atoms with van der Waals surface area (Å²) in [5, 5.41) is 2.79. The van der Waals surface area contributed by atoms with Crippen molar-refractivity contribution in [2.45, 2.75) is 0 Å². The molecule has 5 heteroatoms. The van der Waals surface area contributed by atoms with E-state index >= 15 is 0 Å².